The number of nitrogens with one attached hydrogen (secondary N) is 1. The molecule has 0 saturated carbocycles. The van der Waals surface area contributed by atoms with Gasteiger partial charge in [-0.15, -0.1) is 10.2 Å². The molecule has 1 aromatic carbocycles. The number of carbonyl (C=O) groups excluding carboxylic acids is 1. The zero-order valence-corrected chi connectivity index (χ0v) is 14.3. The minimum absolute atomic E-state index is 0.0194. The van der Waals surface area contributed by atoms with Crippen molar-refractivity contribution >= 4 is 5.91 Å². The van der Waals surface area contributed by atoms with E-state index in [1.165, 1.54) is 6.07 Å². The first-order valence-electron chi connectivity index (χ1n) is 8.81. The molecule has 1 amide bonds. The Kier molecular flexibility index (Phi) is 4.25. The first kappa shape index (κ1) is 16.2. The maximum absolute atomic E-state index is 13.4. The van der Waals surface area contributed by atoms with Crippen molar-refractivity contribution in [1.82, 2.24) is 25.0 Å². The van der Waals surface area contributed by atoms with Gasteiger partial charge in [0.15, 0.2) is 0 Å². The van der Waals surface area contributed by atoms with E-state index in [2.05, 4.69) is 20.1 Å². The van der Waals surface area contributed by atoms with Crippen LogP contribution in [-0.2, 0) is 13.1 Å². The van der Waals surface area contributed by atoms with Crippen LogP contribution in [-0.4, -0.2) is 45.2 Å². The Labute approximate surface area is 146 Å². The van der Waals surface area contributed by atoms with Crippen LogP contribution in [0.5, 0.6) is 0 Å². The molecule has 1 N–H and O–H groups in total. The largest absolute Gasteiger partial charge is 0.339 e. The Morgan fingerprint density at radius 2 is 2.04 bits per heavy atom. The molecule has 6 nitrogen and oxygen atoms in total. The Bertz CT molecular complexity index is 795. The van der Waals surface area contributed by atoms with Crippen molar-refractivity contribution < 1.29 is 9.18 Å². The molecular formula is C18H22FN5O. The maximum Gasteiger partial charge on any atom is 0.253 e. The highest BCUT2D eigenvalue weighted by atomic mass is 19.1. The summed E-state index contributed by atoms with van der Waals surface area (Å²) in [7, 11) is 0. The highest BCUT2D eigenvalue weighted by molar-refractivity contribution is 5.94. The third-order valence-electron chi connectivity index (χ3n) is 5.20. The fourth-order valence-electron chi connectivity index (χ4n) is 3.72. The molecule has 1 aromatic heterocycles. The lowest BCUT2D eigenvalue weighted by molar-refractivity contribution is 0.0710. The van der Waals surface area contributed by atoms with Crippen LogP contribution in [0, 0.1) is 12.7 Å². The van der Waals surface area contributed by atoms with Crippen LogP contribution in [0.25, 0.3) is 0 Å². The molecule has 0 aliphatic carbocycles. The molecule has 1 fully saturated rings. The van der Waals surface area contributed by atoms with E-state index >= 15 is 0 Å². The van der Waals surface area contributed by atoms with Crippen molar-refractivity contribution in [3.05, 3.63) is 46.8 Å². The lowest BCUT2D eigenvalue weighted by Crippen LogP contribution is -2.39. The van der Waals surface area contributed by atoms with Gasteiger partial charge in [-0.3, -0.25) is 4.79 Å². The van der Waals surface area contributed by atoms with Crippen LogP contribution in [0.3, 0.4) is 0 Å². The molecule has 132 valence electrons. The van der Waals surface area contributed by atoms with Crippen LogP contribution >= 0.6 is 0 Å². The van der Waals surface area contributed by atoms with E-state index in [4.69, 9.17) is 0 Å². The summed E-state index contributed by atoms with van der Waals surface area (Å²) < 4.78 is 15.6. The Morgan fingerprint density at radius 1 is 1.24 bits per heavy atom. The summed E-state index contributed by atoms with van der Waals surface area (Å²) in [6.07, 6.45) is 1.77. The number of aromatic nitrogens is 3. The second-order valence-corrected chi connectivity index (χ2v) is 6.83. The number of rotatable bonds is 2. The normalized spacial score (nSPS) is 18.2. The van der Waals surface area contributed by atoms with Crippen molar-refractivity contribution in [1.29, 1.82) is 0 Å². The predicted molar refractivity (Wildman–Crippen MR) is 90.7 cm³/mol. The van der Waals surface area contributed by atoms with Crippen LogP contribution in [0.4, 0.5) is 4.39 Å². The first-order valence-corrected chi connectivity index (χ1v) is 8.81. The van der Waals surface area contributed by atoms with Gasteiger partial charge in [0.05, 0.1) is 6.54 Å². The summed E-state index contributed by atoms with van der Waals surface area (Å²) in [5.41, 5.74) is 1.06. The van der Waals surface area contributed by atoms with Crippen molar-refractivity contribution in [2.75, 3.05) is 19.6 Å². The number of halogens is 1. The van der Waals surface area contributed by atoms with Gasteiger partial charge in [0.25, 0.3) is 5.91 Å². The van der Waals surface area contributed by atoms with E-state index in [0.717, 1.165) is 44.1 Å². The van der Waals surface area contributed by atoms with E-state index in [1.807, 2.05) is 4.90 Å². The molecule has 2 aromatic rings. The summed E-state index contributed by atoms with van der Waals surface area (Å²) in [5, 5.41) is 12.0. The molecule has 0 unspecified atom stereocenters. The SMILES string of the molecule is Cc1cc(C(=O)N2CCC(c3nnc4n3CCNC4)CC2)ccc1F. The number of hydrogen-bond donors (Lipinski definition) is 1. The summed E-state index contributed by atoms with van der Waals surface area (Å²) >= 11 is 0. The number of hydrogen-bond acceptors (Lipinski definition) is 4. The van der Waals surface area contributed by atoms with E-state index in [-0.39, 0.29) is 11.7 Å². The molecule has 4 rings (SSSR count). The maximum atomic E-state index is 13.4. The monoisotopic (exact) mass is 343 g/mol. The number of fused-ring (bicyclic) bond motifs is 1. The average molecular weight is 343 g/mol. The molecule has 0 bridgehead atoms. The van der Waals surface area contributed by atoms with Crippen molar-refractivity contribution in [3.63, 3.8) is 0 Å². The van der Waals surface area contributed by atoms with Crippen LogP contribution in [0.15, 0.2) is 18.2 Å². The Hall–Kier alpha value is -2.28. The number of carbonyl (C=O) groups is 1. The highest BCUT2D eigenvalue weighted by Gasteiger charge is 2.29. The van der Waals surface area contributed by atoms with Gasteiger partial charge in [-0.25, -0.2) is 4.39 Å². The number of likely N-dealkylation sites (tertiary alicyclic amines) is 1. The summed E-state index contributed by atoms with van der Waals surface area (Å²) in [6.45, 7) is 5.70. The third kappa shape index (κ3) is 3.04. The quantitative estimate of drug-likeness (QED) is 0.904. The standard InChI is InChI=1S/C18H22FN5O/c1-12-10-14(2-3-15(12)19)18(25)23-7-4-13(5-8-23)17-22-21-16-11-20-6-9-24(16)17/h2-3,10,13,20H,4-9,11H2,1H3. The van der Waals surface area contributed by atoms with E-state index in [1.54, 1.807) is 19.1 Å². The minimum atomic E-state index is -0.277. The molecule has 7 heteroatoms. The van der Waals surface area contributed by atoms with Gasteiger partial charge < -0.3 is 14.8 Å². The molecule has 3 heterocycles. The fraction of sp³-hybridized carbons (Fsp3) is 0.500. The first-order chi connectivity index (χ1) is 12.1. The number of benzene rings is 1. The number of aryl methyl sites for hydroxylation is 1. The van der Waals surface area contributed by atoms with Gasteiger partial charge >= 0.3 is 0 Å². The van der Waals surface area contributed by atoms with E-state index in [9.17, 15) is 9.18 Å². The van der Waals surface area contributed by atoms with E-state index in [0.29, 0.717) is 30.1 Å². The zero-order chi connectivity index (χ0) is 17.4. The number of amides is 1. The van der Waals surface area contributed by atoms with Crippen molar-refractivity contribution in [2.45, 2.75) is 38.8 Å². The summed E-state index contributed by atoms with van der Waals surface area (Å²) in [5.74, 6) is 2.11. The summed E-state index contributed by atoms with van der Waals surface area (Å²) in [6, 6.07) is 4.57. The predicted octanol–water partition coefficient (Wildman–Crippen LogP) is 1.85. The minimum Gasteiger partial charge on any atom is -0.339 e. The van der Waals surface area contributed by atoms with Crippen LogP contribution in [0.1, 0.15) is 46.3 Å². The molecule has 0 radical (unpaired) electrons. The number of nitrogens with zero attached hydrogens (tertiary/aromatic N) is 4. The lowest BCUT2D eigenvalue weighted by atomic mass is 9.95. The van der Waals surface area contributed by atoms with Crippen LogP contribution < -0.4 is 5.32 Å². The van der Waals surface area contributed by atoms with Gasteiger partial charge in [-0.05, 0) is 43.5 Å². The lowest BCUT2D eigenvalue weighted by Gasteiger charge is -2.32. The van der Waals surface area contributed by atoms with Crippen LogP contribution in [0.2, 0.25) is 0 Å². The molecular weight excluding hydrogens is 321 g/mol. The average Bonchev–Trinajstić information content (AvgIpc) is 3.08. The van der Waals surface area contributed by atoms with Gasteiger partial charge in [0, 0.05) is 37.7 Å². The smallest absolute Gasteiger partial charge is 0.253 e. The third-order valence-corrected chi connectivity index (χ3v) is 5.20. The Balaban J connectivity index is 1.43. The van der Waals surface area contributed by atoms with Crippen molar-refractivity contribution in [2.24, 2.45) is 0 Å². The van der Waals surface area contributed by atoms with E-state index < -0.39 is 0 Å². The van der Waals surface area contributed by atoms with Gasteiger partial charge in [0.1, 0.15) is 17.5 Å². The molecule has 25 heavy (non-hydrogen) atoms. The Morgan fingerprint density at radius 3 is 2.80 bits per heavy atom. The second kappa shape index (κ2) is 6.55. The molecule has 0 atom stereocenters. The molecule has 1 saturated heterocycles. The molecule has 2 aliphatic heterocycles. The molecule has 2 aliphatic rings. The zero-order valence-electron chi connectivity index (χ0n) is 14.3. The summed E-state index contributed by atoms with van der Waals surface area (Å²) in [4.78, 5) is 14.5. The van der Waals surface area contributed by atoms with Gasteiger partial charge in [-0.2, -0.15) is 0 Å². The highest BCUT2D eigenvalue weighted by Crippen LogP contribution is 2.28. The van der Waals surface area contributed by atoms with Gasteiger partial charge in [0.2, 0.25) is 0 Å². The second-order valence-electron chi connectivity index (χ2n) is 6.83. The molecule has 0 spiro atoms. The van der Waals surface area contributed by atoms with Crippen molar-refractivity contribution in [3.8, 4) is 0 Å². The number of piperidine rings is 1. The topological polar surface area (TPSA) is 63.1 Å². The fourth-order valence-corrected chi connectivity index (χ4v) is 3.72. The van der Waals surface area contributed by atoms with Gasteiger partial charge in [-0.1, -0.05) is 0 Å².